The summed E-state index contributed by atoms with van der Waals surface area (Å²) in [5.41, 5.74) is 1.82. The standard InChI is InChI=1S/C20H24N6O/c27-20(23-17-5-7-18(8-6-17)24-15-11-21-16-24)26-13-2-1-4-19(26)9-14-25-12-3-10-22-25/h3,5-8,10-12,15-16,19H,1-2,4,9,13-14H2,(H,23,27)/t19-/m0/s1. The van der Waals surface area contributed by atoms with Gasteiger partial charge >= 0.3 is 6.03 Å². The van der Waals surface area contributed by atoms with Crippen LogP contribution in [0.15, 0.2) is 61.4 Å². The molecule has 0 unspecified atom stereocenters. The van der Waals surface area contributed by atoms with Crippen molar-refractivity contribution in [1.82, 2.24) is 24.2 Å². The van der Waals surface area contributed by atoms with E-state index >= 15 is 0 Å². The SMILES string of the molecule is O=C(Nc1ccc(-n2ccnc2)cc1)N1CCCC[C@H]1CCn1cccn1. The van der Waals surface area contributed by atoms with Crippen molar-refractivity contribution in [2.24, 2.45) is 0 Å². The number of urea groups is 1. The number of benzene rings is 1. The fourth-order valence-electron chi connectivity index (χ4n) is 3.61. The number of aromatic nitrogens is 4. The first-order valence-electron chi connectivity index (χ1n) is 9.43. The van der Waals surface area contributed by atoms with Crippen molar-refractivity contribution in [3.8, 4) is 5.69 Å². The molecule has 1 aliphatic rings. The van der Waals surface area contributed by atoms with Crippen molar-refractivity contribution >= 4 is 11.7 Å². The summed E-state index contributed by atoms with van der Waals surface area (Å²) in [5.74, 6) is 0. The Kier molecular flexibility index (Phi) is 5.18. The molecule has 0 radical (unpaired) electrons. The van der Waals surface area contributed by atoms with Crippen molar-refractivity contribution in [2.45, 2.75) is 38.3 Å². The highest BCUT2D eigenvalue weighted by Gasteiger charge is 2.26. The Morgan fingerprint density at radius 2 is 2.04 bits per heavy atom. The number of amides is 2. The Labute approximate surface area is 158 Å². The van der Waals surface area contributed by atoms with Gasteiger partial charge in [0.15, 0.2) is 0 Å². The summed E-state index contributed by atoms with van der Waals surface area (Å²) in [6.07, 6.45) is 13.4. The van der Waals surface area contributed by atoms with Gasteiger partial charge in [0.1, 0.15) is 0 Å². The van der Waals surface area contributed by atoms with E-state index in [1.807, 2.05) is 56.9 Å². The number of hydrogen-bond donors (Lipinski definition) is 1. The minimum Gasteiger partial charge on any atom is -0.321 e. The average molecular weight is 364 g/mol. The quantitative estimate of drug-likeness (QED) is 0.753. The number of rotatable bonds is 5. The van der Waals surface area contributed by atoms with E-state index in [1.165, 1.54) is 6.42 Å². The number of nitrogens with zero attached hydrogens (tertiary/aromatic N) is 5. The van der Waals surface area contributed by atoms with E-state index in [0.29, 0.717) is 0 Å². The second-order valence-corrected chi connectivity index (χ2v) is 6.85. The van der Waals surface area contributed by atoms with Gasteiger partial charge in [-0.25, -0.2) is 9.78 Å². The van der Waals surface area contributed by atoms with Crippen LogP contribution in [0.1, 0.15) is 25.7 Å². The molecule has 2 aromatic heterocycles. The highest BCUT2D eigenvalue weighted by Crippen LogP contribution is 2.22. The van der Waals surface area contributed by atoms with Gasteiger partial charge in [-0.15, -0.1) is 0 Å². The molecule has 1 aromatic carbocycles. The van der Waals surface area contributed by atoms with Crippen molar-refractivity contribution in [1.29, 1.82) is 0 Å². The average Bonchev–Trinajstić information content (AvgIpc) is 3.41. The monoisotopic (exact) mass is 364 g/mol. The third-order valence-electron chi connectivity index (χ3n) is 5.06. The number of imidazole rings is 1. The molecule has 1 saturated heterocycles. The van der Waals surface area contributed by atoms with Gasteiger partial charge in [0, 0.05) is 55.3 Å². The molecule has 3 aromatic rings. The van der Waals surface area contributed by atoms with Crippen LogP contribution in [0.4, 0.5) is 10.5 Å². The summed E-state index contributed by atoms with van der Waals surface area (Å²) >= 11 is 0. The largest absolute Gasteiger partial charge is 0.322 e. The molecule has 0 spiro atoms. The smallest absolute Gasteiger partial charge is 0.321 e. The topological polar surface area (TPSA) is 68.0 Å². The van der Waals surface area contributed by atoms with Crippen LogP contribution in [0.3, 0.4) is 0 Å². The van der Waals surface area contributed by atoms with E-state index in [-0.39, 0.29) is 12.1 Å². The maximum Gasteiger partial charge on any atom is 0.322 e. The molecule has 1 aliphatic heterocycles. The van der Waals surface area contributed by atoms with E-state index in [0.717, 1.165) is 43.7 Å². The third-order valence-corrected chi connectivity index (χ3v) is 5.06. The van der Waals surface area contributed by atoms with Crippen molar-refractivity contribution in [2.75, 3.05) is 11.9 Å². The summed E-state index contributed by atoms with van der Waals surface area (Å²) in [5, 5.41) is 7.31. The minimum absolute atomic E-state index is 0.0180. The number of piperidine rings is 1. The molecule has 4 rings (SSSR count). The molecule has 27 heavy (non-hydrogen) atoms. The third kappa shape index (κ3) is 4.19. The van der Waals surface area contributed by atoms with Crippen LogP contribution in [-0.4, -0.2) is 42.8 Å². The van der Waals surface area contributed by atoms with Crippen LogP contribution < -0.4 is 5.32 Å². The molecular weight excluding hydrogens is 340 g/mol. The lowest BCUT2D eigenvalue weighted by Crippen LogP contribution is -2.46. The van der Waals surface area contributed by atoms with Crippen LogP contribution >= 0.6 is 0 Å². The van der Waals surface area contributed by atoms with Crippen LogP contribution in [0.2, 0.25) is 0 Å². The van der Waals surface area contributed by atoms with Gasteiger partial charge in [0.05, 0.1) is 6.33 Å². The highest BCUT2D eigenvalue weighted by molar-refractivity contribution is 5.89. The molecule has 0 aliphatic carbocycles. The molecule has 7 nitrogen and oxygen atoms in total. The zero-order valence-corrected chi connectivity index (χ0v) is 15.2. The molecule has 140 valence electrons. The van der Waals surface area contributed by atoms with E-state index < -0.39 is 0 Å². The second-order valence-electron chi connectivity index (χ2n) is 6.85. The van der Waals surface area contributed by atoms with Gasteiger partial charge in [-0.05, 0) is 56.0 Å². The molecule has 1 N–H and O–H groups in total. The molecule has 0 bridgehead atoms. The molecule has 7 heteroatoms. The Hall–Kier alpha value is -3.09. The molecular formula is C20H24N6O. The zero-order chi connectivity index (χ0) is 18.5. The lowest BCUT2D eigenvalue weighted by atomic mass is 10.00. The van der Waals surface area contributed by atoms with Crippen LogP contribution in [0, 0.1) is 0 Å². The first-order chi connectivity index (χ1) is 13.3. The van der Waals surface area contributed by atoms with Gasteiger partial charge in [-0.3, -0.25) is 4.68 Å². The van der Waals surface area contributed by atoms with Gasteiger partial charge in [-0.2, -0.15) is 5.10 Å². The van der Waals surface area contributed by atoms with Gasteiger partial charge in [-0.1, -0.05) is 0 Å². The predicted molar refractivity (Wildman–Crippen MR) is 104 cm³/mol. The fraction of sp³-hybridized carbons (Fsp3) is 0.350. The van der Waals surface area contributed by atoms with Crippen molar-refractivity contribution < 1.29 is 4.79 Å². The normalized spacial score (nSPS) is 17.0. The van der Waals surface area contributed by atoms with E-state index in [2.05, 4.69) is 15.4 Å². The number of carbonyl (C=O) groups is 1. The summed E-state index contributed by atoms with van der Waals surface area (Å²) in [7, 11) is 0. The second kappa shape index (κ2) is 8.07. The maximum absolute atomic E-state index is 12.8. The number of anilines is 1. The first-order valence-corrected chi connectivity index (χ1v) is 9.43. The molecule has 1 atom stereocenters. The number of nitrogens with one attached hydrogen (secondary N) is 1. The van der Waals surface area contributed by atoms with E-state index in [1.54, 1.807) is 18.7 Å². The molecule has 0 saturated carbocycles. The number of hydrogen-bond acceptors (Lipinski definition) is 3. The van der Waals surface area contributed by atoms with Crippen LogP contribution in [0.25, 0.3) is 5.69 Å². The van der Waals surface area contributed by atoms with Gasteiger partial charge in [0.25, 0.3) is 0 Å². The summed E-state index contributed by atoms with van der Waals surface area (Å²) in [6.45, 7) is 1.64. The highest BCUT2D eigenvalue weighted by atomic mass is 16.2. The molecule has 3 heterocycles. The minimum atomic E-state index is -0.0180. The van der Waals surface area contributed by atoms with Gasteiger partial charge in [0.2, 0.25) is 0 Å². The van der Waals surface area contributed by atoms with Gasteiger partial charge < -0.3 is 14.8 Å². The van der Waals surface area contributed by atoms with Crippen LogP contribution in [0.5, 0.6) is 0 Å². The zero-order valence-electron chi connectivity index (χ0n) is 15.2. The first kappa shape index (κ1) is 17.3. The fourth-order valence-corrected chi connectivity index (χ4v) is 3.61. The summed E-state index contributed by atoms with van der Waals surface area (Å²) in [4.78, 5) is 18.9. The lowest BCUT2D eigenvalue weighted by Gasteiger charge is -2.35. The lowest BCUT2D eigenvalue weighted by molar-refractivity contribution is 0.154. The van der Waals surface area contributed by atoms with Crippen molar-refractivity contribution in [3.63, 3.8) is 0 Å². The number of likely N-dealkylation sites (tertiary alicyclic amines) is 1. The molecule has 2 amide bonds. The van der Waals surface area contributed by atoms with E-state index in [4.69, 9.17) is 0 Å². The van der Waals surface area contributed by atoms with Crippen LogP contribution in [-0.2, 0) is 6.54 Å². The summed E-state index contributed by atoms with van der Waals surface area (Å²) < 4.78 is 3.86. The Morgan fingerprint density at radius 1 is 1.15 bits per heavy atom. The van der Waals surface area contributed by atoms with Crippen molar-refractivity contribution in [3.05, 3.63) is 61.4 Å². The number of aryl methyl sites for hydroxylation is 1. The number of carbonyl (C=O) groups excluding carboxylic acids is 1. The molecule has 1 fully saturated rings. The summed E-state index contributed by atoms with van der Waals surface area (Å²) in [6, 6.07) is 9.97. The Bertz CT molecular complexity index is 841. The maximum atomic E-state index is 12.8. The Balaban J connectivity index is 1.38. The van der Waals surface area contributed by atoms with E-state index in [9.17, 15) is 4.79 Å². The predicted octanol–water partition coefficient (Wildman–Crippen LogP) is 3.55. The Morgan fingerprint density at radius 3 is 2.78 bits per heavy atom.